The first-order valence-corrected chi connectivity index (χ1v) is 5.73. The topological polar surface area (TPSA) is 163 Å². The van der Waals surface area contributed by atoms with E-state index in [0.717, 1.165) is 0 Å². The first-order chi connectivity index (χ1) is 7.22. The van der Waals surface area contributed by atoms with Gasteiger partial charge in [0, 0.05) is 0 Å². The number of ether oxygens (including phenoxy) is 1. The number of hydrogen-bond donors (Lipinski definition) is 4. The largest absolute Gasteiger partial charge is 1.00 e. The molecule has 5 atom stereocenters. The summed E-state index contributed by atoms with van der Waals surface area (Å²) in [6.07, 6.45) is -8.35. The van der Waals surface area contributed by atoms with Crippen LogP contribution in [0.2, 0.25) is 0 Å². The number of phosphoric acid groups is 1. The molecule has 1 aliphatic heterocycles. The second-order valence-corrected chi connectivity index (χ2v) is 4.43. The van der Waals surface area contributed by atoms with Crippen LogP contribution in [0.4, 0.5) is 0 Å². The van der Waals surface area contributed by atoms with Crippen molar-refractivity contribution in [1.82, 2.24) is 0 Å². The zero-order valence-electron chi connectivity index (χ0n) is 9.87. The van der Waals surface area contributed by atoms with E-state index in [1.807, 2.05) is 0 Å². The fourth-order valence-corrected chi connectivity index (χ4v) is 1.56. The minimum absolute atomic E-state index is 0. The van der Waals surface area contributed by atoms with E-state index in [2.05, 4.69) is 9.26 Å². The van der Waals surface area contributed by atoms with Crippen LogP contribution in [0.3, 0.4) is 0 Å². The van der Waals surface area contributed by atoms with Gasteiger partial charge in [0.25, 0.3) is 0 Å². The van der Waals surface area contributed by atoms with Crippen molar-refractivity contribution in [2.45, 2.75) is 30.7 Å². The number of rotatable bonds is 3. The van der Waals surface area contributed by atoms with Crippen molar-refractivity contribution in [3.05, 3.63) is 0 Å². The SMILES string of the molecule is O=P([O-])([O-])OCC1OC(O)C(O)C(O)C1O.[Na+].[Na+]. The summed E-state index contributed by atoms with van der Waals surface area (Å²) >= 11 is 0. The van der Waals surface area contributed by atoms with Gasteiger partial charge in [-0.2, -0.15) is 0 Å². The van der Waals surface area contributed by atoms with Crippen molar-refractivity contribution in [3.8, 4) is 0 Å². The molecule has 0 amide bonds. The molecule has 0 aromatic heterocycles. The van der Waals surface area contributed by atoms with Crippen LogP contribution in [0.15, 0.2) is 0 Å². The Morgan fingerprint density at radius 2 is 1.56 bits per heavy atom. The molecule has 0 aromatic carbocycles. The van der Waals surface area contributed by atoms with Crippen LogP contribution in [0.25, 0.3) is 0 Å². The van der Waals surface area contributed by atoms with Crippen molar-refractivity contribution in [1.29, 1.82) is 0 Å². The van der Waals surface area contributed by atoms with Crippen LogP contribution >= 0.6 is 7.82 Å². The molecule has 4 N–H and O–H groups in total. The van der Waals surface area contributed by atoms with Gasteiger partial charge in [-0.1, -0.05) is 0 Å². The molecule has 18 heavy (non-hydrogen) atoms. The summed E-state index contributed by atoms with van der Waals surface area (Å²) in [5.74, 6) is 0. The predicted molar refractivity (Wildman–Crippen MR) is 42.5 cm³/mol. The summed E-state index contributed by atoms with van der Waals surface area (Å²) in [6.45, 7) is -0.855. The van der Waals surface area contributed by atoms with Gasteiger partial charge in [-0.3, -0.25) is 0 Å². The number of aliphatic hydroxyl groups is 4. The Hall–Kier alpha value is 1.91. The first kappa shape index (κ1) is 22.2. The Kier molecular flexibility index (Phi) is 11.1. The van der Waals surface area contributed by atoms with Crippen LogP contribution in [0.1, 0.15) is 0 Å². The van der Waals surface area contributed by atoms with Gasteiger partial charge in [-0.25, -0.2) is 0 Å². The van der Waals surface area contributed by atoms with Crippen molar-refractivity contribution >= 4 is 7.82 Å². The fraction of sp³-hybridized carbons (Fsp3) is 1.00. The van der Waals surface area contributed by atoms with Gasteiger partial charge in [-0.05, 0) is 0 Å². The number of hydrogen-bond acceptors (Lipinski definition) is 9. The van der Waals surface area contributed by atoms with Crippen LogP contribution in [0.5, 0.6) is 0 Å². The van der Waals surface area contributed by atoms with Crippen LogP contribution in [0, 0.1) is 0 Å². The van der Waals surface area contributed by atoms with E-state index in [-0.39, 0.29) is 59.1 Å². The Labute approximate surface area is 147 Å². The third-order valence-corrected chi connectivity index (χ3v) is 2.55. The molecule has 12 heteroatoms. The molecular weight excluding hydrogens is 293 g/mol. The summed E-state index contributed by atoms with van der Waals surface area (Å²) < 4.78 is 18.5. The average molecular weight is 304 g/mol. The molecule has 0 saturated carbocycles. The van der Waals surface area contributed by atoms with E-state index in [1.165, 1.54) is 0 Å². The Balaban J connectivity index is 0. The molecule has 1 fully saturated rings. The molecular formula is C6H11Na2O9P. The van der Waals surface area contributed by atoms with Crippen molar-refractivity contribution in [2.24, 2.45) is 0 Å². The Morgan fingerprint density at radius 3 is 2.00 bits per heavy atom. The van der Waals surface area contributed by atoms with Crippen LogP contribution in [-0.2, 0) is 13.8 Å². The summed E-state index contributed by atoms with van der Waals surface area (Å²) in [6, 6.07) is 0. The van der Waals surface area contributed by atoms with Crippen LogP contribution < -0.4 is 68.9 Å². The molecule has 0 aliphatic carbocycles. The summed E-state index contributed by atoms with van der Waals surface area (Å²) in [4.78, 5) is 20.3. The molecule has 96 valence electrons. The molecule has 0 aromatic rings. The monoisotopic (exact) mass is 304 g/mol. The second-order valence-electron chi connectivity index (χ2n) is 3.28. The van der Waals surface area contributed by atoms with E-state index < -0.39 is 45.1 Å². The quantitative estimate of drug-likeness (QED) is 0.293. The zero-order chi connectivity index (χ0) is 12.5. The molecule has 1 heterocycles. The Morgan fingerprint density at radius 1 is 1.06 bits per heavy atom. The molecule has 1 aliphatic rings. The third kappa shape index (κ3) is 6.57. The maximum Gasteiger partial charge on any atom is 1.00 e. The second kappa shape index (κ2) is 9.04. The van der Waals surface area contributed by atoms with Crippen molar-refractivity contribution in [3.63, 3.8) is 0 Å². The van der Waals surface area contributed by atoms with E-state index in [9.17, 15) is 24.6 Å². The van der Waals surface area contributed by atoms with Gasteiger partial charge in [0.1, 0.15) is 24.4 Å². The fourth-order valence-electron chi connectivity index (χ4n) is 1.23. The average Bonchev–Trinajstić information content (AvgIpc) is 2.17. The van der Waals surface area contributed by atoms with E-state index in [4.69, 9.17) is 10.2 Å². The van der Waals surface area contributed by atoms with E-state index in [0.29, 0.717) is 0 Å². The van der Waals surface area contributed by atoms with Gasteiger partial charge >= 0.3 is 59.1 Å². The number of phosphoric ester groups is 1. The van der Waals surface area contributed by atoms with E-state index >= 15 is 0 Å². The minimum Gasteiger partial charge on any atom is -0.790 e. The van der Waals surface area contributed by atoms with Gasteiger partial charge in [0.05, 0.1) is 14.4 Å². The maximum absolute atomic E-state index is 10.1. The first-order valence-electron chi connectivity index (χ1n) is 4.26. The van der Waals surface area contributed by atoms with Crippen LogP contribution in [-0.4, -0.2) is 57.7 Å². The molecule has 0 spiro atoms. The maximum atomic E-state index is 10.1. The third-order valence-electron chi connectivity index (χ3n) is 2.08. The molecule has 5 unspecified atom stereocenters. The standard InChI is InChI=1S/C6H13O9P.2Na/c7-3-2(1-14-16(11,12)13)15-6(10)5(9)4(3)8;;/h2-10H,1H2,(H2,11,12,13);;/q;2*+1/p-2. The van der Waals surface area contributed by atoms with Crippen molar-refractivity contribution in [2.75, 3.05) is 6.61 Å². The Bertz CT molecular complexity index is 286. The van der Waals surface area contributed by atoms with Gasteiger partial charge in [-0.15, -0.1) is 0 Å². The summed E-state index contributed by atoms with van der Waals surface area (Å²) in [5.41, 5.74) is 0. The molecule has 1 rings (SSSR count). The normalized spacial score (nSPS) is 36.4. The molecule has 9 nitrogen and oxygen atoms in total. The number of aliphatic hydroxyl groups excluding tert-OH is 4. The predicted octanol–water partition coefficient (Wildman–Crippen LogP) is -10.4. The van der Waals surface area contributed by atoms with E-state index in [1.54, 1.807) is 0 Å². The zero-order valence-corrected chi connectivity index (χ0v) is 14.8. The van der Waals surface area contributed by atoms with Gasteiger partial charge in [0.2, 0.25) is 0 Å². The molecule has 1 saturated heterocycles. The summed E-state index contributed by atoms with van der Waals surface area (Å²) in [7, 11) is -5.23. The van der Waals surface area contributed by atoms with Crippen molar-refractivity contribution < 1.29 is 103 Å². The summed E-state index contributed by atoms with van der Waals surface area (Å²) in [5, 5.41) is 36.6. The molecule has 0 bridgehead atoms. The minimum atomic E-state index is -5.23. The smallest absolute Gasteiger partial charge is 0.790 e. The van der Waals surface area contributed by atoms with Gasteiger partial charge in [0.15, 0.2) is 6.29 Å². The molecule has 0 radical (unpaired) electrons. The van der Waals surface area contributed by atoms with Gasteiger partial charge < -0.3 is 44.0 Å².